The van der Waals surface area contributed by atoms with Gasteiger partial charge in [-0.1, -0.05) is 36.4 Å². The van der Waals surface area contributed by atoms with Crippen molar-refractivity contribution in [1.82, 2.24) is 14.8 Å². The van der Waals surface area contributed by atoms with E-state index in [0.29, 0.717) is 13.2 Å². The Morgan fingerprint density at radius 1 is 0.964 bits per heavy atom. The van der Waals surface area contributed by atoms with Crippen molar-refractivity contribution < 1.29 is 9.15 Å². The molecule has 2 aromatic heterocycles. The van der Waals surface area contributed by atoms with Crippen LogP contribution >= 0.6 is 0 Å². The van der Waals surface area contributed by atoms with Crippen LogP contribution in [0, 0.1) is 0 Å². The Labute approximate surface area is 162 Å². The smallest absolute Gasteiger partial charge is 0.156 e. The number of furan rings is 1. The molecule has 6 heteroatoms. The summed E-state index contributed by atoms with van der Waals surface area (Å²) in [7, 11) is 0. The molecule has 4 aromatic rings. The fourth-order valence-corrected chi connectivity index (χ4v) is 3.30. The highest BCUT2D eigenvalue weighted by atomic mass is 16.5. The standard InChI is InChI=1S/C22H20N4O2/c1-2-7-19(8-3-1)26-16-18(15-23-25-10-12-27-13-11-25)22(24-26)21-14-17-6-4-5-9-20(17)28-21/h1-9,14-16H,10-13H2. The number of para-hydroxylation sites is 2. The largest absolute Gasteiger partial charge is 0.454 e. The van der Waals surface area contributed by atoms with Crippen LogP contribution in [0.2, 0.25) is 0 Å². The first-order valence-corrected chi connectivity index (χ1v) is 9.37. The number of aromatic nitrogens is 2. The van der Waals surface area contributed by atoms with Crippen molar-refractivity contribution in [2.24, 2.45) is 5.10 Å². The summed E-state index contributed by atoms with van der Waals surface area (Å²) in [6.07, 6.45) is 3.85. The van der Waals surface area contributed by atoms with Crippen molar-refractivity contribution in [3.63, 3.8) is 0 Å². The topological polar surface area (TPSA) is 55.8 Å². The number of ether oxygens (including phenoxy) is 1. The van der Waals surface area contributed by atoms with Crippen molar-refractivity contribution in [3.05, 3.63) is 72.4 Å². The molecule has 0 N–H and O–H groups in total. The van der Waals surface area contributed by atoms with Gasteiger partial charge in [0.2, 0.25) is 0 Å². The lowest BCUT2D eigenvalue weighted by atomic mass is 10.2. The molecule has 140 valence electrons. The summed E-state index contributed by atoms with van der Waals surface area (Å²) in [4.78, 5) is 0. The molecule has 0 bridgehead atoms. The van der Waals surface area contributed by atoms with E-state index in [-0.39, 0.29) is 0 Å². The van der Waals surface area contributed by atoms with E-state index in [1.807, 2.05) is 82.8 Å². The second-order valence-corrected chi connectivity index (χ2v) is 6.67. The number of hydrazone groups is 1. The van der Waals surface area contributed by atoms with Crippen LogP contribution in [0.25, 0.3) is 28.1 Å². The lowest BCUT2D eigenvalue weighted by Crippen LogP contribution is -2.32. The van der Waals surface area contributed by atoms with Gasteiger partial charge in [-0.15, -0.1) is 0 Å². The quantitative estimate of drug-likeness (QED) is 0.509. The Balaban J connectivity index is 1.57. The van der Waals surface area contributed by atoms with Gasteiger partial charge in [0, 0.05) is 17.1 Å². The molecule has 0 radical (unpaired) electrons. The Morgan fingerprint density at radius 2 is 1.75 bits per heavy atom. The van der Waals surface area contributed by atoms with Crippen LogP contribution in [0.15, 0.2) is 76.4 Å². The van der Waals surface area contributed by atoms with Gasteiger partial charge in [-0.25, -0.2) is 4.68 Å². The Hall–Kier alpha value is -3.38. The number of hydrogen-bond acceptors (Lipinski definition) is 5. The minimum atomic E-state index is 0.705. The highest BCUT2D eigenvalue weighted by Crippen LogP contribution is 2.29. The zero-order valence-corrected chi connectivity index (χ0v) is 15.4. The van der Waals surface area contributed by atoms with Gasteiger partial charge in [0.15, 0.2) is 5.76 Å². The highest BCUT2D eigenvalue weighted by molar-refractivity contribution is 5.90. The summed E-state index contributed by atoms with van der Waals surface area (Å²) >= 11 is 0. The van der Waals surface area contributed by atoms with E-state index in [1.54, 1.807) is 0 Å². The molecule has 0 spiro atoms. The van der Waals surface area contributed by atoms with Crippen LogP contribution in [-0.4, -0.2) is 47.3 Å². The molecule has 0 unspecified atom stereocenters. The van der Waals surface area contributed by atoms with Crippen LogP contribution in [0.4, 0.5) is 0 Å². The molecular formula is C22H20N4O2. The molecule has 0 aliphatic carbocycles. The molecule has 0 amide bonds. The summed E-state index contributed by atoms with van der Waals surface area (Å²) in [6.45, 7) is 3.00. The molecule has 1 saturated heterocycles. The number of nitrogens with zero attached hydrogens (tertiary/aromatic N) is 4. The maximum atomic E-state index is 6.06. The number of fused-ring (bicyclic) bond motifs is 1. The first kappa shape index (κ1) is 16.8. The second kappa shape index (κ2) is 7.32. The third kappa shape index (κ3) is 3.30. The van der Waals surface area contributed by atoms with Crippen LogP contribution in [0.1, 0.15) is 5.56 Å². The van der Waals surface area contributed by atoms with Crippen molar-refractivity contribution in [2.75, 3.05) is 26.3 Å². The summed E-state index contributed by atoms with van der Waals surface area (Å²) < 4.78 is 13.3. The molecule has 0 atom stereocenters. The average molecular weight is 372 g/mol. The SMILES string of the molecule is C(=NN1CCOCC1)c1cn(-c2ccccc2)nc1-c1cc2ccccc2o1. The molecule has 1 aliphatic rings. The summed E-state index contributed by atoms with van der Waals surface area (Å²) in [5.74, 6) is 0.735. The van der Waals surface area contributed by atoms with E-state index in [1.165, 1.54) is 0 Å². The Bertz CT molecular complexity index is 1070. The third-order valence-electron chi connectivity index (χ3n) is 4.77. The lowest BCUT2D eigenvalue weighted by molar-refractivity contribution is 0.0397. The number of benzene rings is 2. The van der Waals surface area contributed by atoms with Crippen molar-refractivity contribution in [1.29, 1.82) is 0 Å². The monoisotopic (exact) mass is 372 g/mol. The highest BCUT2D eigenvalue weighted by Gasteiger charge is 2.16. The van der Waals surface area contributed by atoms with Crippen LogP contribution in [0.5, 0.6) is 0 Å². The van der Waals surface area contributed by atoms with E-state index in [9.17, 15) is 0 Å². The van der Waals surface area contributed by atoms with E-state index in [4.69, 9.17) is 14.3 Å². The normalized spacial score (nSPS) is 14.9. The fourth-order valence-electron chi connectivity index (χ4n) is 3.30. The Kier molecular flexibility index (Phi) is 4.39. The van der Waals surface area contributed by atoms with Crippen LogP contribution < -0.4 is 0 Å². The zero-order chi connectivity index (χ0) is 18.8. The minimum Gasteiger partial charge on any atom is -0.454 e. The maximum absolute atomic E-state index is 6.06. The average Bonchev–Trinajstić information content (AvgIpc) is 3.38. The number of hydrogen-bond donors (Lipinski definition) is 0. The summed E-state index contributed by atoms with van der Waals surface area (Å²) in [5.41, 5.74) is 3.53. The van der Waals surface area contributed by atoms with Crippen LogP contribution in [-0.2, 0) is 4.74 Å². The first-order valence-electron chi connectivity index (χ1n) is 9.37. The summed E-state index contributed by atoms with van der Waals surface area (Å²) in [5, 5.41) is 12.5. The van der Waals surface area contributed by atoms with Gasteiger partial charge in [-0.3, -0.25) is 5.01 Å². The number of rotatable bonds is 4. The predicted octanol–water partition coefficient (Wildman–Crippen LogP) is 3.95. The van der Waals surface area contributed by atoms with E-state index < -0.39 is 0 Å². The van der Waals surface area contributed by atoms with Crippen molar-refractivity contribution >= 4 is 17.2 Å². The molecule has 28 heavy (non-hydrogen) atoms. The van der Waals surface area contributed by atoms with Crippen molar-refractivity contribution in [2.45, 2.75) is 0 Å². The zero-order valence-electron chi connectivity index (χ0n) is 15.4. The number of morpholine rings is 1. The first-order chi connectivity index (χ1) is 13.9. The molecule has 5 rings (SSSR count). The lowest BCUT2D eigenvalue weighted by Gasteiger charge is -2.23. The van der Waals surface area contributed by atoms with E-state index in [0.717, 1.165) is 46.8 Å². The molecule has 0 saturated carbocycles. The fraction of sp³-hybridized carbons (Fsp3) is 0.182. The maximum Gasteiger partial charge on any atom is 0.156 e. The molecular weight excluding hydrogens is 352 g/mol. The molecule has 3 heterocycles. The van der Waals surface area contributed by atoms with Gasteiger partial charge < -0.3 is 9.15 Å². The van der Waals surface area contributed by atoms with Gasteiger partial charge >= 0.3 is 0 Å². The molecule has 1 aliphatic heterocycles. The minimum absolute atomic E-state index is 0.705. The molecule has 1 fully saturated rings. The molecule has 2 aromatic carbocycles. The Morgan fingerprint density at radius 3 is 2.57 bits per heavy atom. The second-order valence-electron chi connectivity index (χ2n) is 6.67. The summed E-state index contributed by atoms with van der Waals surface area (Å²) in [6, 6.07) is 20.1. The van der Waals surface area contributed by atoms with Gasteiger partial charge in [0.05, 0.1) is 38.2 Å². The van der Waals surface area contributed by atoms with Gasteiger partial charge in [-0.05, 0) is 24.3 Å². The van der Waals surface area contributed by atoms with Gasteiger partial charge in [-0.2, -0.15) is 10.2 Å². The van der Waals surface area contributed by atoms with E-state index in [2.05, 4.69) is 5.10 Å². The van der Waals surface area contributed by atoms with Gasteiger partial charge in [0.1, 0.15) is 11.3 Å². The third-order valence-corrected chi connectivity index (χ3v) is 4.77. The predicted molar refractivity (Wildman–Crippen MR) is 109 cm³/mol. The van der Waals surface area contributed by atoms with Crippen molar-refractivity contribution in [3.8, 4) is 17.1 Å². The molecule has 6 nitrogen and oxygen atoms in total. The van der Waals surface area contributed by atoms with Crippen LogP contribution in [0.3, 0.4) is 0 Å². The van der Waals surface area contributed by atoms with Gasteiger partial charge in [0.25, 0.3) is 0 Å². The van der Waals surface area contributed by atoms with E-state index >= 15 is 0 Å².